The van der Waals surface area contributed by atoms with E-state index in [1.807, 2.05) is 6.07 Å². The molecule has 0 aliphatic rings. The van der Waals surface area contributed by atoms with Gasteiger partial charge in [-0.2, -0.15) is 0 Å². The molecule has 122 valence electrons. The second-order valence-corrected chi connectivity index (χ2v) is 7.76. The molecule has 0 saturated carbocycles. The summed E-state index contributed by atoms with van der Waals surface area (Å²) in [5.74, 6) is -0.384. The van der Waals surface area contributed by atoms with E-state index in [0.717, 1.165) is 11.3 Å². The zero-order chi connectivity index (χ0) is 17.0. The van der Waals surface area contributed by atoms with Gasteiger partial charge in [0.2, 0.25) is 0 Å². The van der Waals surface area contributed by atoms with Crippen LogP contribution in [0.1, 0.15) is 10.4 Å². The fraction of sp³-hybridized carbons (Fsp3) is 0. The summed E-state index contributed by atoms with van der Waals surface area (Å²) in [5, 5.41) is 4.43. The predicted octanol–water partition coefficient (Wildman–Crippen LogP) is 3.80. The fourth-order valence-corrected chi connectivity index (χ4v) is 4.17. The summed E-state index contributed by atoms with van der Waals surface area (Å²) in [5.41, 5.74) is 1.12. The summed E-state index contributed by atoms with van der Waals surface area (Å²) < 4.78 is 27.4. The van der Waals surface area contributed by atoms with E-state index in [1.165, 1.54) is 6.07 Å². The average Bonchev–Trinajstić information content (AvgIpc) is 3.11. The van der Waals surface area contributed by atoms with Crippen molar-refractivity contribution in [1.82, 2.24) is 0 Å². The van der Waals surface area contributed by atoms with Crippen LogP contribution in [0.3, 0.4) is 0 Å². The van der Waals surface area contributed by atoms with Crippen molar-refractivity contribution in [2.75, 3.05) is 10.0 Å². The first kappa shape index (κ1) is 16.2. The Hall–Kier alpha value is -2.64. The van der Waals surface area contributed by atoms with Gasteiger partial charge in [-0.05, 0) is 35.7 Å². The maximum Gasteiger partial charge on any atom is 0.271 e. The monoisotopic (exact) mass is 358 g/mol. The molecule has 0 atom stereocenters. The lowest BCUT2D eigenvalue weighted by molar-refractivity contribution is 0.102. The van der Waals surface area contributed by atoms with E-state index < -0.39 is 10.0 Å². The first-order chi connectivity index (χ1) is 11.6. The molecule has 1 amide bonds. The number of carbonyl (C=O) groups excluding carboxylic acids is 1. The number of sulfonamides is 1. The summed E-state index contributed by atoms with van der Waals surface area (Å²) >= 11 is 1.11. The van der Waals surface area contributed by atoms with Gasteiger partial charge in [-0.3, -0.25) is 9.52 Å². The number of carbonyl (C=O) groups is 1. The van der Waals surface area contributed by atoms with Crippen molar-refractivity contribution in [3.63, 3.8) is 0 Å². The number of para-hydroxylation sites is 2. The molecule has 3 aromatic rings. The van der Waals surface area contributed by atoms with Crippen molar-refractivity contribution in [2.45, 2.75) is 4.21 Å². The second-order valence-electron chi connectivity index (χ2n) is 4.90. The molecule has 1 heterocycles. The number of thiophene rings is 1. The third kappa shape index (κ3) is 3.64. The minimum atomic E-state index is -3.71. The zero-order valence-corrected chi connectivity index (χ0v) is 14.1. The third-order valence-electron chi connectivity index (χ3n) is 3.21. The van der Waals surface area contributed by atoms with Crippen LogP contribution in [0.5, 0.6) is 0 Å². The van der Waals surface area contributed by atoms with Gasteiger partial charge in [0.1, 0.15) is 4.21 Å². The summed E-state index contributed by atoms with van der Waals surface area (Å²) in [7, 11) is -3.71. The second kappa shape index (κ2) is 6.86. The van der Waals surface area contributed by atoms with Gasteiger partial charge in [-0.1, -0.05) is 36.4 Å². The van der Waals surface area contributed by atoms with E-state index in [4.69, 9.17) is 0 Å². The Morgan fingerprint density at radius 3 is 2.29 bits per heavy atom. The number of amides is 1. The summed E-state index contributed by atoms with van der Waals surface area (Å²) in [6, 6.07) is 18.6. The van der Waals surface area contributed by atoms with Gasteiger partial charge >= 0.3 is 0 Å². The molecule has 0 spiro atoms. The lowest BCUT2D eigenvalue weighted by Gasteiger charge is -2.12. The van der Waals surface area contributed by atoms with Crippen LogP contribution in [-0.4, -0.2) is 14.3 Å². The molecule has 2 aromatic carbocycles. The molecular weight excluding hydrogens is 344 g/mol. The van der Waals surface area contributed by atoms with E-state index in [-0.39, 0.29) is 21.4 Å². The minimum Gasteiger partial charge on any atom is -0.322 e. The highest BCUT2D eigenvalue weighted by Gasteiger charge is 2.19. The first-order valence-electron chi connectivity index (χ1n) is 7.08. The van der Waals surface area contributed by atoms with E-state index in [9.17, 15) is 13.2 Å². The van der Waals surface area contributed by atoms with Crippen molar-refractivity contribution in [2.24, 2.45) is 0 Å². The number of benzene rings is 2. The van der Waals surface area contributed by atoms with Crippen LogP contribution in [0.25, 0.3) is 0 Å². The lowest BCUT2D eigenvalue weighted by atomic mass is 10.1. The molecule has 0 unspecified atom stereocenters. The summed E-state index contributed by atoms with van der Waals surface area (Å²) in [6.45, 7) is 0. The third-order valence-corrected chi connectivity index (χ3v) is 5.97. The number of rotatable bonds is 5. The molecule has 2 N–H and O–H groups in total. The van der Waals surface area contributed by atoms with E-state index in [2.05, 4.69) is 10.0 Å². The number of hydrogen-bond acceptors (Lipinski definition) is 4. The number of hydrogen-bond donors (Lipinski definition) is 2. The van der Waals surface area contributed by atoms with Gasteiger partial charge in [0.25, 0.3) is 15.9 Å². The van der Waals surface area contributed by atoms with E-state index in [0.29, 0.717) is 5.69 Å². The molecule has 0 radical (unpaired) electrons. The summed E-state index contributed by atoms with van der Waals surface area (Å²) in [4.78, 5) is 12.5. The Morgan fingerprint density at radius 2 is 1.58 bits per heavy atom. The Balaban J connectivity index is 1.87. The minimum absolute atomic E-state index is 0.195. The van der Waals surface area contributed by atoms with Gasteiger partial charge in [-0.15, -0.1) is 11.3 Å². The van der Waals surface area contributed by atoms with Crippen LogP contribution >= 0.6 is 11.3 Å². The average molecular weight is 358 g/mol. The predicted molar refractivity (Wildman–Crippen MR) is 96.0 cm³/mol. The first-order valence-corrected chi connectivity index (χ1v) is 9.44. The van der Waals surface area contributed by atoms with Crippen molar-refractivity contribution >= 4 is 38.6 Å². The standard InChI is InChI=1S/C17H14N2O3S2/c20-17(18-13-7-2-1-3-8-13)14-9-4-5-10-15(14)19-24(21,22)16-11-6-12-23-16/h1-12,19H,(H,18,20). The normalized spacial score (nSPS) is 11.0. The van der Waals surface area contributed by atoms with E-state index >= 15 is 0 Å². The van der Waals surface area contributed by atoms with Gasteiger partial charge in [0, 0.05) is 5.69 Å². The number of anilines is 2. The largest absolute Gasteiger partial charge is 0.322 e. The Morgan fingerprint density at radius 1 is 0.875 bits per heavy atom. The highest BCUT2D eigenvalue weighted by atomic mass is 32.2. The maximum absolute atomic E-state index is 12.5. The lowest BCUT2D eigenvalue weighted by Crippen LogP contribution is -2.18. The molecule has 0 fully saturated rings. The van der Waals surface area contributed by atoms with Crippen LogP contribution in [-0.2, 0) is 10.0 Å². The Labute approximate surface area is 144 Å². The van der Waals surface area contributed by atoms with E-state index in [1.54, 1.807) is 60.0 Å². The Bertz CT molecular complexity index is 937. The van der Waals surface area contributed by atoms with Crippen LogP contribution in [0, 0.1) is 0 Å². The highest BCUT2D eigenvalue weighted by Crippen LogP contribution is 2.23. The molecule has 0 bridgehead atoms. The fourth-order valence-electron chi connectivity index (χ4n) is 2.10. The quantitative estimate of drug-likeness (QED) is 0.728. The van der Waals surface area contributed by atoms with Gasteiger partial charge in [0.15, 0.2) is 0 Å². The van der Waals surface area contributed by atoms with Crippen LogP contribution < -0.4 is 10.0 Å². The van der Waals surface area contributed by atoms with Gasteiger partial charge in [-0.25, -0.2) is 8.42 Å². The zero-order valence-electron chi connectivity index (χ0n) is 12.5. The van der Waals surface area contributed by atoms with Crippen molar-refractivity contribution in [3.05, 3.63) is 77.7 Å². The molecule has 3 rings (SSSR count). The highest BCUT2D eigenvalue weighted by molar-refractivity contribution is 7.94. The maximum atomic E-state index is 12.5. The molecule has 0 aliphatic carbocycles. The molecule has 0 aliphatic heterocycles. The van der Waals surface area contributed by atoms with Gasteiger partial charge in [0.05, 0.1) is 11.3 Å². The van der Waals surface area contributed by atoms with Gasteiger partial charge < -0.3 is 5.32 Å². The molecule has 5 nitrogen and oxygen atoms in total. The van der Waals surface area contributed by atoms with Crippen LogP contribution in [0.4, 0.5) is 11.4 Å². The SMILES string of the molecule is O=C(Nc1ccccc1)c1ccccc1NS(=O)(=O)c1cccs1. The van der Waals surface area contributed by atoms with Crippen LogP contribution in [0.15, 0.2) is 76.3 Å². The summed E-state index contributed by atoms with van der Waals surface area (Å²) in [6.07, 6.45) is 0. The topological polar surface area (TPSA) is 75.3 Å². The van der Waals surface area contributed by atoms with Crippen molar-refractivity contribution in [1.29, 1.82) is 0 Å². The smallest absolute Gasteiger partial charge is 0.271 e. The molecule has 0 saturated heterocycles. The van der Waals surface area contributed by atoms with Crippen LogP contribution in [0.2, 0.25) is 0 Å². The molecule has 7 heteroatoms. The molecule has 1 aromatic heterocycles. The Kier molecular flexibility index (Phi) is 4.64. The van der Waals surface area contributed by atoms with Crippen molar-refractivity contribution < 1.29 is 13.2 Å². The molecule has 24 heavy (non-hydrogen) atoms. The van der Waals surface area contributed by atoms with Crippen molar-refractivity contribution in [3.8, 4) is 0 Å². The number of nitrogens with one attached hydrogen (secondary N) is 2. The molecular formula is C17H14N2O3S2.